The lowest BCUT2D eigenvalue weighted by atomic mass is 10.0. The van der Waals surface area contributed by atoms with Crippen LogP contribution in [0.4, 0.5) is 0 Å². The van der Waals surface area contributed by atoms with Crippen LogP contribution in [0, 0.1) is 5.92 Å². The summed E-state index contributed by atoms with van der Waals surface area (Å²) in [6.07, 6.45) is 2.21. The van der Waals surface area contributed by atoms with Crippen molar-refractivity contribution in [2.75, 3.05) is 27.2 Å². The van der Waals surface area contributed by atoms with E-state index in [9.17, 15) is 0 Å². The zero-order chi connectivity index (χ0) is 15.4. The predicted octanol–water partition coefficient (Wildman–Crippen LogP) is 3.45. The molecule has 1 unspecified atom stereocenters. The Hall–Kier alpha value is -0.580. The lowest BCUT2D eigenvalue weighted by Crippen LogP contribution is -2.38. The summed E-state index contributed by atoms with van der Waals surface area (Å²) in [7, 11) is 4.27. The molecule has 3 nitrogen and oxygen atoms in total. The molecule has 0 aromatic heterocycles. The number of fused-ring (bicyclic) bond motifs is 1. The van der Waals surface area contributed by atoms with Crippen LogP contribution in [-0.4, -0.2) is 38.2 Å². The lowest BCUT2D eigenvalue weighted by molar-refractivity contribution is 0.302. The predicted molar refractivity (Wildman–Crippen MR) is 92.0 cm³/mol. The van der Waals surface area contributed by atoms with E-state index in [-0.39, 0.29) is 0 Å². The number of nitrogens with zero attached hydrogens (tertiary/aromatic N) is 1. The molecule has 118 valence electrons. The molecule has 4 heteroatoms. The minimum absolute atomic E-state index is 0.510. The summed E-state index contributed by atoms with van der Waals surface area (Å²) < 4.78 is 6.96. The molecule has 0 radical (unpaired) electrons. The van der Waals surface area contributed by atoms with Gasteiger partial charge in [-0.15, -0.1) is 0 Å². The Morgan fingerprint density at radius 3 is 2.76 bits per heavy atom. The van der Waals surface area contributed by atoms with Gasteiger partial charge in [-0.2, -0.15) is 0 Å². The van der Waals surface area contributed by atoms with Crippen LogP contribution >= 0.6 is 15.9 Å². The third-order valence-electron chi connectivity index (χ3n) is 3.75. The van der Waals surface area contributed by atoms with E-state index >= 15 is 0 Å². The van der Waals surface area contributed by atoms with Gasteiger partial charge in [0.05, 0.1) is 6.61 Å². The second-order valence-corrected chi connectivity index (χ2v) is 7.54. The summed E-state index contributed by atoms with van der Waals surface area (Å²) in [6.45, 7) is 7.31. The fourth-order valence-corrected chi connectivity index (χ4v) is 3.52. The molecule has 1 aromatic rings. The molecule has 1 atom stereocenters. The van der Waals surface area contributed by atoms with Gasteiger partial charge in [0.15, 0.2) is 0 Å². The van der Waals surface area contributed by atoms with Gasteiger partial charge in [-0.3, -0.25) is 0 Å². The third-order valence-corrected chi connectivity index (χ3v) is 4.21. The van der Waals surface area contributed by atoms with Crippen LogP contribution in [0.2, 0.25) is 0 Å². The molecule has 0 spiro atoms. The topological polar surface area (TPSA) is 24.5 Å². The third kappa shape index (κ3) is 4.97. The maximum absolute atomic E-state index is 5.81. The van der Waals surface area contributed by atoms with Crippen molar-refractivity contribution < 1.29 is 4.74 Å². The van der Waals surface area contributed by atoms with Gasteiger partial charge in [-0.05, 0) is 44.1 Å². The van der Waals surface area contributed by atoms with E-state index in [2.05, 4.69) is 66.2 Å². The van der Waals surface area contributed by atoms with E-state index in [0.717, 1.165) is 36.3 Å². The van der Waals surface area contributed by atoms with Gasteiger partial charge in [0.2, 0.25) is 0 Å². The smallest absolute Gasteiger partial charge is 0.127 e. The van der Waals surface area contributed by atoms with Crippen LogP contribution in [-0.2, 0) is 13.0 Å². The monoisotopic (exact) mass is 354 g/mol. The zero-order valence-electron chi connectivity index (χ0n) is 13.6. The molecule has 1 aliphatic heterocycles. The zero-order valence-corrected chi connectivity index (χ0v) is 15.2. The van der Waals surface area contributed by atoms with Gasteiger partial charge in [0, 0.05) is 35.6 Å². The molecule has 0 saturated carbocycles. The molecule has 0 bridgehead atoms. The molecule has 2 rings (SSSR count). The molecule has 1 heterocycles. The van der Waals surface area contributed by atoms with Gasteiger partial charge < -0.3 is 15.0 Å². The van der Waals surface area contributed by atoms with E-state index in [1.807, 2.05) is 0 Å². The minimum atomic E-state index is 0.510. The largest absolute Gasteiger partial charge is 0.493 e. The molecule has 21 heavy (non-hydrogen) atoms. The average Bonchev–Trinajstić information content (AvgIpc) is 2.82. The van der Waals surface area contributed by atoms with Gasteiger partial charge in [0.25, 0.3) is 0 Å². The standard InChI is InChI=1S/C17H27BrN2O/c1-12(2)7-16(11-20(3)4)19-10-14-9-15(18)8-13-5-6-21-17(13)14/h8-9,12,16,19H,5-7,10-11H2,1-4H3. The van der Waals surface area contributed by atoms with Crippen molar-refractivity contribution in [2.24, 2.45) is 5.92 Å². The molecule has 0 amide bonds. The van der Waals surface area contributed by atoms with Gasteiger partial charge >= 0.3 is 0 Å². The van der Waals surface area contributed by atoms with Crippen LogP contribution < -0.4 is 10.1 Å². The number of halogens is 1. The maximum Gasteiger partial charge on any atom is 0.127 e. The van der Waals surface area contributed by atoms with Crippen molar-refractivity contribution in [2.45, 2.75) is 39.3 Å². The Balaban J connectivity index is 2.03. The first-order valence-electron chi connectivity index (χ1n) is 7.78. The Kier molecular flexibility index (Phi) is 6.08. The Morgan fingerprint density at radius 2 is 2.10 bits per heavy atom. The highest BCUT2D eigenvalue weighted by molar-refractivity contribution is 9.10. The van der Waals surface area contributed by atoms with Crippen LogP contribution in [0.3, 0.4) is 0 Å². The summed E-state index contributed by atoms with van der Waals surface area (Å²) in [5.74, 6) is 1.80. The quantitative estimate of drug-likeness (QED) is 0.811. The van der Waals surface area contributed by atoms with Crippen molar-refractivity contribution in [1.82, 2.24) is 10.2 Å². The van der Waals surface area contributed by atoms with Gasteiger partial charge in [-0.25, -0.2) is 0 Å². The average molecular weight is 355 g/mol. The van der Waals surface area contributed by atoms with Crippen molar-refractivity contribution in [3.05, 3.63) is 27.7 Å². The van der Waals surface area contributed by atoms with Crippen LogP contribution in [0.15, 0.2) is 16.6 Å². The molecule has 0 fully saturated rings. The number of rotatable bonds is 7. The number of hydrogen-bond donors (Lipinski definition) is 1. The second kappa shape index (κ2) is 7.61. The minimum Gasteiger partial charge on any atom is -0.493 e. The summed E-state index contributed by atoms with van der Waals surface area (Å²) >= 11 is 3.61. The van der Waals surface area contributed by atoms with E-state index in [1.165, 1.54) is 17.5 Å². The van der Waals surface area contributed by atoms with Crippen molar-refractivity contribution in [3.63, 3.8) is 0 Å². The van der Waals surface area contributed by atoms with Crippen molar-refractivity contribution in [3.8, 4) is 5.75 Å². The molecule has 0 aliphatic carbocycles. The summed E-state index contributed by atoms with van der Waals surface area (Å²) in [6, 6.07) is 4.87. The highest BCUT2D eigenvalue weighted by Gasteiger charge is 2.19. The fraction of sp³-hybridized carbons (Fsp3) is 0.647. The van der Waals surface area contributed by atoms with E-state index in [0.29, 0.717) is 12.0 Å². The molecule has 1 N–H and O–H groups in total. The Bertz CT molecular complexity index is 464. The molecule has 1 aliphatic rings. The Morgan fingerprint density at radius 1 is 1.33 bits per heavy atom. The van der Waals surface area contributed by atoms with E-state index in [4.69, 9.17) is 4.74 Å². The number of benzene rings is 1. The van der Waals surface area contributed by atoms with E-state index < -0.39 is 0 Å². The fourth-order valence-electron chi connectivity index (χ4n) is 2.96. The molecular weight excluding hydrogens is 328 g/mol. The first-order valence-corrected chi connectivity index (χ1v) is 8.57. The van der Waals surface area contributed by atoms with Crippen LogP contribution in [0.25, 0.3) is 0 Å². The second-order valence-electron chi connectivity index (χ2n) is 6.62. The van der Waals surface area contributed by atoms with Crippen molar-refractivity contribution >= 4 is 15.9 Å². The SMILES string of the molecule is CC(C)CC(CN(C)C)NCc1cc(Br)cc2c1OCC2. The molecule has 0 saturated heterocycles. The first kappa shape index (κ1) is 16.8. The highest BCUT2D eigenvalue weighted by Crippen LogP contribution is 2.33. The molecular formula is C17H27BrN2O. The summed E-state index contributed by atoms with van der Waals surface area (Å²) in [5, 5.41) is 3.71. The summed E-state index contributed by atoms with van der Waals surface area (Å²) in [5.41, 5.74) is 2.60. The molecule has 1 aromatic carbocycles. The van der Waals surface area contributed by atoms with Crippen LogP contribution in [0.5, 0.6) is 5.75 Å². The number of ether oxygens (including phenoxy) is 1. The van der Waals surface area contributed by atoms with Gasteiger partial charge in [0.1, 0.15) is 5.75 Å². The summed E-state index contributed by atoms with van der Waals surface area (Å²) in [4.78, 5) is 2.25. The maximum atomic E-state index is 5.81. The van der Waals surface area contributed by atoms with Crippen LogP contribution in [0.1, 0.15) is 31.4 Å². The number of likely N-dealkylation sites (N-methyl/N-ethyl adjacent to an activating group) is 1. The normalized spacial score (nSPS) is 15.4. The van der Waals surface area contributed by atoms with Gasteiger partial charge in [-0.1, -0.05) is 29.8 Å². The highest BCUT2D eigenvalue weighted by atomic mass is 79.9. The van der Waals surface area contributed by atoms with Crippen molar-refractivity contribution in [1.29, 1.82) is 0 Å². The number of nitrogens with one attached hydrogen (secondary N) is 1. The number of hydrogen-bond acceptors (Lipinski definition) is 3. The lowest BCUT2D eigenvalue weighted by Gasteiger charge is -2.24. The first-order chi connectivity index (χ1) is 9.95. The van der Waals surface area contributed by atoms with E-state index in [1.54, 1.807) is 0 Å². The Labute approximate surface area is 137 Å².